The predicted molar refractivity (Wildman–Crippen MR) is 126 cm³/mol. The summed E-state index contributed by atoms with van der Waals surface area (Å²) in [6.45, 7) is 3.90. The zero-order valence-electron chi connectivity index (χ0n) is 16.0. The van der Waals surface area contributed by atoms with E-state index < -0.39 is 0 Å². The van der Waals surface area contributed by atoms with E-state index in [4.69, 9.17) is 23.2 Å². The van der Waals surface area contributed by atoms with Gasteiger partial charge in [-0.2, -0.15) is 0 Å². The number of halogens is 4. The number of benzene rings is 2. The van der Waals surface area contributed by atoms with Crippen LogP contribution in [-0.2, 0) is 13.1 Å². The lowest BCUT2D eigenvalue weighted by Gasteiger charge is -2.29. The zero-order valence-corrected chi connectivity index (χ0v) is 19.1. The molecule has 0 bridgehead atoms. The Hall–Kier alpha value is -0.480. The van der Waals surface area contributed by atoms with Crippen LogP contribution in [-0.4, -0.2) is 13.1 Å². The normalized spacial score (nSPS) is 18.8. The van der Waals surface area contributed by atoms with E-state index in [1.165, 1.54) is 36.8 Å². The Balaban J connectivity index is 0.00000196. The van der Waals surface area contributed by atoms with Crippen molar-refractivity contribution in [1.29, 1.82) is 0 Å². The lowest BCUT2D eigenvalue weighted by atomic mass is 9.82. The maximum atomic E-state index is 6.21. The van der Waals surface area contributed by atoms with Crippen molar-refractivity contribution in [3.05, 3.63) is 69.7 Å². The summed E-state index contributed by atoms with van der Waals surface area (Å²) in [5, 5.41) is 8.88. The minimum atomic E-state index is 0. The van der Waals surface area contributed by atoms with Gasteiger partial charge in [-0.15, -0.1) is 24.8 Å². The summed E-state index contributed by atoms with van der Waals surface area (Å²) < 4.78 is 0. The average molecular weight is 464 g/mol. The van der Waals surface area contributed by atoms with Crippen molar-refractivity contribution < 1.29 is 0 Å². The average Bonchev–Trinajstić information content (AvgIpc) is 2.66. The van der Waals surface area contributed by atoms with Gasteiger partial charge in [0.2, 0.25) is 0 Å². The maximum Gasteiger partial charge on any atom is 0.0450 e. The molecule has 1 saturated carbocycles. The lowest BCUT2D eigenvalue weighted by molar-refractivity contribution is 0.261. The molecule has 2 N–H and O–H groups in total. The molecule has 156 valence electrons. The summed E-state index contributed by atoms with van der Waals surface area (Å²) in [4.78, 5) is 0. The van der Waals surface area contributed by atoms with E-state index in [1.807, 2.05) is 36.4 Å². The third kappa shape index (κ3) is 8.10. The number of hydrogen-bond acceptors (Lipinski definition) is 2. The summed E-state index contributed by atoms with van der Waals surface area (Å²) in [5.41, 5.74) is 2.37. The van der Waals surface area contributed by atoms with Gasteiger partial charge in [0, 0.05) is 23.1 Å². The van der Waals surface area contributed by atoms with Gasteiger partial charge in [0.05, 0.1) is 0 Å². The van der Waals surface area contributed by atoms with Crippen LogP contribution in [0.25, 0.3) is 0 Å². The summed E-state index contributed by atoms with van der Waals surface area (Å²) >= 11 is 12.4. The van der Waals surface area contributed by atoms with E-state index in [-0.39, 0.29) is 24.8 Å². The Kier molecular flexibility index (Phi) is 12.5. The van der Waals surface area contributed by atoms with E-state index in [9.17, 15) is 0 Å². The highest BCUT2D eigenvalue weighted by molar-refractivity contribution is 6.31. The Bertz CT molecular complexity index is 628. The molecule has 0 unspecified atom stereocenters. The van der Waals surface area contributed by atoms with Crippen molar-refractivity contribution in [2.75, 3.05) is 13.1 Å². The van der Waals surface area contributed by atoms with E-state index in [0.29, 0.717) is 0 Å². The molecule has 1 fully saturated rings. The van der Waals surface area contributed by atoms with E-state index >= 15 is 0 Å². The predicted octanol–water partition coefficient (Wildman–Crippen LogP) is 6.52. The van der Waals surface area contributed by atoms with Crippen molar-refractivity contribution in [1.82, 2.24) is 10.6 Å². The zero-order chi connectivity index (χ0) is 18.2. The fourth-order valence-corrected chi connectivity index (χ4v) is 4.15. The van der Waals surface area contributed by atoms with Gasteiger partial charge in [-0.25, -0.2) is 0 Å². The summed E-state index contributed by atoms with van der Waals surface area (Å²) in [5.74, 6) is 1.58. The van der Waals surface area contributed by atoms with Crippen LogP contribution < -0.4 is 10.6 Å². The fraction of sp³-hybridized carbons (Fsp3) is 0.455. The van der Waals surface area contributed by atoms with Crippen molar-refractivity contribution in [2.45, 2.75) is 38.8 Å². The molecule has 1 aliphatic rings. The first-order valence-electron chi connectivity index (χ1n) is 9.60. The molecule has 2 aromatic rings. The first-order valence-corrected chi connectivity index (χ1v) is 10.4. The van der Waals surface area contributed by atoms with Gasteiger partial charge >= 0.3 is 0 Å². The van der Waals surface area contributed by atoms with Crippen molar-refractivity contribution in [3.8, 4) is 0 Å². The fourth-order valence-electron chi connectivity index (χ4n) is 3.75. The highest BCUT2D eigenvalue weighted by atomic mass is 35.5. The quantitative estimate of drug-likeness (QED) is 0.465. The second kappa shape index (κ2) is 13.7. The van der Waals surface area contributed by atoms with Gasteiger partial charge in [0.15, 0.2) is 0 Å². The van der Waals surface area contributed by atoms with Crippen molar-refractivity contribution >= 4 is 48.0 Å². The molecule has 1 aliphatic carbocycles. The number of nitrogens with one attached hydrogen (secondary N) is 2. The SMILES string of the molecule is Cl.Cl.Clc1ccccc1CNC[C@H]1CC[C@H](CNCc2ccccc2Cl)CC1. The number of rotatable bonds is 8. The Morgan fingerprint density at radius 1 is 0.643 bits per heavy atom. The Labute approximate surface area is 191 Å². The van der Waals surface area contributed by atoms with Crippen LogP contribution in [0, 0.1) is 11.8 Å². The molecule has 6 heteroatoms. The van der Waals surface area contributed by atoms with Gasteiger partial charge in [0.25, 0.3) is 0 Å². The third-order valence-corrected chi connectivity index (χ3v) is 6.12. The van der Waals surface area contributed by atoms with E-state index in [2.05, 4.69) is 22.8 Å². The van der Waals surface area contributed by atoms with Crippen LogP contribution in [0.1, 0.15) is 36.8 Å². The molecule has 0 saturated heterocycles. The minimum Gasteiger partial charge on any atom is -0.312 e. The minimum absolute atomic E-state index is 0. The van der Waals surface area contributed by atoms with Gasteiger partial charge in [-0.3, -0.25) is 0 Å². The maximum absolute atomic E-state index is 6.21. The largest absolute Gasteiger partial charge is 0.312 e. The smallest absolute Gasteiger partial charge is 0.0450 e. The second-order valence-electron chi connectivity index (χ2n) is 7.33. The van der Waals surface area contributed by atoms with Crippen LogP contribution >= 0.6 is 48.0 Å². The Morgan fingerprint density at radius 2 is 1.00 bits per heavy atom. The monoisotopic (exact) mass is 462 g/mol. The second-order valence-corrected chi connectivity index (χ2v) is 8.15. The molecular weight excluding hydrogens is 434 g/mol. The van der Waals surface area contributed by atoms with Crippen molar-refractivity contribution in [2.24, 2.45) is 11.8 Å². The lowest BCUT2D eigenvalue weighted by Crippen LogP contribution is -2.30. The van der Waals surface area contributed by atoms with Gasteiger partial charge in [0.1, 0.15) is 0 Å². The molecule has 3 rings (SSSR count). The van der Waals surface area contributed by atoms with Crippen molar-refractivity contribution in [3.63, 3.8) is 0 Å². The number of hydrogen-bond donors (Lipinski definition) is 2. The topological polar surface area (TPSA) is 24.1 Å². The third-order valence-electron chi connectivity index (χ3n) is 5.38. The molecule has 0 aliphatic heterocycles. The van der Waals surface area contributed by atoms with Crippen LogP contribution in [0.3, 0.4) is 0 Å². The van der Waals surface area contributed by atoms with Gasteiger partial charge < -0.3 is 10.6 Å². The van der Waals surface area contributed by atoms with Crippen LogP contribution in [0.15, 0.2) is 48.5 Å². The van der Waals surface area contributed by atoms with Crippen LogP contribution in [0.4, 0.5) is 0 Å². The molecule has 2 aromatic carbocycles. The first kappa shape index (κ1) is 25.6. The highest BCUT2D eigenvalue weighted by Gasteiger charge is 2.20. The summed E-state index contributed by atoms with van der Waals surface area (Å²) in [7, 11) is 0. The Morgan fingerprint density at radius 3 is 1.36 bits per heavy atom. The van der Waals surface area contributed by atoms with Crippen LogP contribution in [0.5, 0.6) is 0 Å². The molecule has 0 spiro atoms. The van der Waals surface area contributed by atoms with E-state index in [0.717, 1.165) is 48.1 Å². The van der Waals surface area contributed by atoms with Gasteiger partial charge in [-0.05, 0) is 73.9 Å². The van der Waals surface area contributed by atoms with Crippen LogP contribution in [0.2, 0.25) is 10.0 Å². The molecule has 0 aromatic heterocycles. The molecule has 0 atom stereocenters. The molecule has 0 radical (unpaired) electrons. The standard InChI is InChI=1S/C22H28Cl2N2.2ClH/c23-21-7-3-1-5-19(21)15-25-13-17-9-11-18(12-10-17)14-26-16-20-6-2-4-8-22(20)24;;/h1-8,17-18,25-26H,9-16H2;2*1H/t17-,18-;;. The molecule has 0 heterocycles. The molecule has 2 nitrogen and oxygen atoms in total. The summed E-state index contributed by atoms with van der Waals surface area (Å²) in [6.07, 6.45) is 5.25. The first-order chi connectivity index (χ1) is 12.7. The molecular formula is C22H30Cl4N2. The summed E-state index contributed by atoms with van der Waals surface area (Å²) in [6, 6.07) is 16.2. The highest BCUT2D eigenvalue weighted by Crippen LogP contribution is 2.28. The van der Waals surface area contributed by atoms with E-state index in [1.54, 1.807) is 0 Å². The van der Waals surface area contributed by atoms with Gasteiger partial charge in [-0.1, -0.05) is 59.6 Å². The molecule has 28 heavy (non-hydrogen) atoms. The molecule has 0 amide bonds.